The second kappa shape index (κ2) is 10.7. The summed E-state index contributed by atoms with van der Waals surface area (Å²) in [6.07, 6.45) is 5.70. The molecule has 3 amide bonds. The highest BCUT2D eigenvalue weighted by Crippen LogP contribution is 2.24. The number of nitrogens with one attached hydrogen (secondary N) is 2. The van der Waals surface area contributed by atoms with Crippen LogP contribution >= 0.6 is 11.3 Å². The van der Waals surface area contributed by atoms with Crippen molar-refractivity contribution < 1.29 is 14.4 Å². The summed E-state index contributed by atoms with van der Waals surface area (Å²) < 4.78 is 0. The van der Waals surface area contributed by atoms with Gasteiger partial charge in [-0.05, 0) is 18.4 Å². The average molecular weight is 415 g/mol. The molecule has 2 aromatic rings. The largest absolute Gasteiger partial charge is 0.350 e. The summed E-state index contributed by atoms with van der Waals surface area (Å²) in [7, 11) is 0. The molecule has 1 heterocycles. The number of nitrogens with zero attached hydrogens (tertiary/aromatic N) is 2. The Morgan fingerprint density at radius 3 is 2.52 bits per heavy atom. The molecule has 154 valence electrons. The molecule has 0 spiro atoms. The molecular formula is C21H26N4O3S. The summed E-state index contributed by atoms with van der Waals surface area (Å²) in [5.41, 5.74) is 1.01. The zero-order valence-corrected chi connectivity index (χ0v) is 17.1. The summed E-state index contributed by atoms with van der Waals surface area (Å²) in [5, 5.41) is 7.86. The number of carbonyl (C=O) groups is 3. The smallest absolute Gasteiger partial charge is 0.239 e. The van der Waals surface area contributed by atoms with Gasteiger partial charge in [-0.15, -0.1) is 11.3 Å². The summed E-state index contributed by atoms with van der Waals surface area (Å²) in [5.74, 6) is -0.574. The van der Waals surface area contributed by atoms with E-state index in [0.717, 1.165) is 31.2 Å². The fraction of sp³-hybridized carbons (Fsp3) is 0.429. The Labute approximate surface area is 174 Å². The molecule has 0 bridgehead atoms. The Morgan fingerprint density at radius 1 is 1.07 bits per heavy atom. The van der Waals surface area contributed by atoms with Crippen LogP contribution in [0.4, 0.5) is 5.13 Å². The van der Waals surface area contributed by atoms with E-state index in [1.165, 1.54) is 11.3 Å². The topological polar surface area (TPSA) is 91.4 Å². The van der Waals surface area contributed by atoms with Crippen LogP contribution in [0.15, 0.2) is 41.9 Å². The monoisotopic (exact) mass is 414 g/mol. The summed E-state index contributed by atoms with van der Waals surface area (Å²) in [6, 6.07) is 9.74. The lowest BCUT2D eigenvalue weighted by Gasteiger charge is -2.28. The Morgan fingerprint density at radius 2 is 1.83 bits per heavy atom. The number of hydrogen-bond donors (Lipinski definition) is 2. The van der Waals surface area contributed by atoms with Gasteiger partial charge >= 0.3 is 0 Å². The van der Waals surface area contributed by atoms with Crippen molar-refractivity contribution in [2.24, 2.45) is 0 Å². The Hall–Kier alpha value is -2.74. The predicted octanol–water partition coefficient (Wildman–Crippen LogP) is 2.95. The fourth-order valence-corrected chi connectivity index (χ4v) is 4.02. The van der Waals surface area contributed by atoms with E-state index in [2.05, 4.69) is 15.6 Å². The molecule has 1 aromatic heterocycles. The van der Waals surface area contributed by atoms with Crippen molar-refractivity contribution in [3.05, 3.63) is 47.5 Å². The minimum atomic E-state index is -0.242. The Kier molecular flexibility index (Phi) is 7.75. The van der Waals surface area contributed by atoms with Gasteiger partial charge in [-0.1, -0.05) is 43.2 Å². The molecule has 3 rings (SSSR count). The van der Waals surface area contributed by atoms with Crippen LogP contribution in [0.25, 0.3) is 0 Å². The van der Waals surface area contributed by atoms with Gasteiger partial charge in [0.15, 0.2) is 5.13 Å². The first-order valence-electron chi connectivity index (χ1n) is 9.91. The Balaban J connectivity index is 1.51. The van der Waals surface area contributed by atoms with Gasteiger partial charge < -0.3 is 15.5 Å². The Bertz CT molecular complexity index is 805. The number of anilines is 1. The van der Waals surface area contributed by atoms with E-state index < -0.39 is 0 Å². The van der Waals surface area contributed by atoms with Crippen molar-refractivity contribution in [2.45, 2.75) is 51.1 Å². The molecule has 8 heteroatoms. The van der Waals surface area contributed by atoms with Crippen LogP contribution in [0.3, 0.4) is 0 Å². The van der Waals surface area contributed by atoms with Crippen LogP contribution in [-0.4, -0.2) is 40.2 Å². The summed E-state index contributed by atoms with van der Waals surface area (Å²) in [6.45, 7) is 0.465. The zero-order valence-electron chi connectivity index (χ0n) is 16.3. The molecule has 1 saturated carbocycles. The third-order valence-electron chi connectivity index (χ3n) is 4.98. The molecule has 1 fully saturated rings. The highest BCUT2D eigenvalue weighted by molar-refractivity contribution is 7.13. The minimum Gasteiger partial charge on any atom is -0.350 e. The number of thiazole rings is 1. The van der Waals surface area contributed by atoms with Crippen molar-refractivity contribution in [3.8, 4) is 0 Å². The summed E-state index contributed by atoms with van der Waals surface area (Å²) in [4.78, 5) is 43.0. The average Bonchev–Trinajstić information content (AvgIpc) is 3.44. The lowest BCUT2D eigenvalue weighted by molar-refractivity contribution is -0.139. The molecule has 0 radical (unpaired) electrons. The summed E-state index contributed by atoms with van der Waals surface area (Å²) >= 11 is 1.33. The van der Waals surface area contributed by atoms with Gasteiger partial charge in [0, 0.05) is 37.0 Å². The van der Waals surface area contributed by atoms with E-state index in [1.807, 2.05) is 30.3 Å². The SMILES string of the molecule is O=C(CN(C(=O)CCC(=O)Nc1nccs1)C1CCCC1)NCc1ccccc1. The van der Waals surface area contributed by atoms with Gasteiger partial charge in [0.2, 0.25) is 17.7 Å². The highest BCUT2D eigenvalue weighted by Gasteiger charge is 2.28. The first kappa shape index (κ1) is 21.0. The van der Waals surface area contributed by atoms with Crippen LogP contribution < -0.4 is 10.6 Å². The van der Waals surface area contributed by atoms with Crippen molar-refractivity contribution in [2.75, 3.05) is 11.9 Å². The van der Waals surface area contributed by atoms with Crippen LogP contribution in [0.2, 0.25) is 0 Å². The molecular weight excluding hydrogens is 388 g/mol. The molecule has 1 aliphatic rings. The standard InChI is InChI=1S/C21H26N4O3S/c26-18(24-21-22-12-13-29-21)10-11-20(28)25(17-8-4-5-9-17)15-19(27)23-14-16-6-2-1-3-7-16/h1-3,6-7,12-13,17H,4-5,8-11,14-15H2,(H,23,27)(H,22,24,26). The normalized spacial score (nSPS) is 13.8. The van der Waals surface area contributed by atoms with Crippen LogP contribution in [0.1, 0.15) is 44.1 Å². The van der Waals surface area contributed by atoms with Gasteiger partial charge in [0.1, 0.15) is 0 Å². The van der Waals surface area contributed by atoms with Crippen LogP contribution in [0.5, 0.6) is 0 Å². The first-order valence-corrected chi connectivity index (χ1v) is 10.8. The third-order valence-corrected chi connectivity index (χ3v) is 5.67. The maximum absolute atomic E-state index is 12.8. The van der Waals surface area contributed by atoms with E-state index in [9.17, 15) is 14.4 Å². The van der Waals surface area contributed by atoms with Crippen molar-refractivity contribution >= 4 is 34.2 Å². The van der Waals surface area contributed by atoms with E-state index in [1.54, 1.807) is 16.5 Å². The predicted molar refractivity (Wildman–Crippen MR) is 112 cm³/mol. The molecule has 0 atom stereocenters. The van der Waals surface area contributed by atoms with Crippen molar-refractivity contribution in [1.82, 2.24) is 15.2 Å². The second-order valence-corrected chi connectivity index (χ2v) is 8.00. The number of rotatable bonds is 9. The van der Waals surface area contributed by atoms with E-state index in [4.69, 9.17) is 0 Å². The van der Waals surface area contributed by atoms with Gasteiger partial charge in [0.05, 0.1) is 6.54 Å². The van der Waals surface area contributed by atoms with Crippen molar-refractivity contribution in [3.63, 3.8) is 0 Å². The molecule has 0 aliphatic heterocycles. The quantitative estimate of drug-likeness (QED) is 0.660. The lowest BCUT2D eigenvalue weighted by Crippen LogP contribution is -2.45. The maximum Gasteiger partial charge on any atom is 0.239 e. The lowest BCUT2D eigenvalue weighted by atomic mass is 10.1. The van der Waals surface area contributed by atoms with Crippen LogP contribution in [-0.2, 0) is 20.9 Å². The highest BCUT2D eigenvalue weighted by atomic mass is 32.1. The molecule has 2 N–H and O–H groups in total. The second-order valence-electron chi connectivity index (χ2n) is 7.11. The number of hydrogen-bond acceptors (Lipinski definition) is 5. The van der Waals surface area contributed by atoms with E-state index in [-0.39, 0.29) is 43.1 Å². The van der Waals surface area contributed by atoms with Gasteiger partial charge in [0.25, 0.3) is 0 Å². The maximum atomic E-state index is 12.8. The van der Waals surface area contributed by atoms with Gasteiger partial charge in [-0.3, -0.25) is 14.4 Å². The van der Waals surface area contributed by atoms with Gasteiger partial charge in [-0.25, -0.2) is 4.98 Å². The van der Waals surface area contributed by atoms with Crippen LogP contribution in [0, 0.1) is 0 Å². The number of amides is 3. The zero-order chi connectivity index (χ0) is 20.5. The molecule has 1 aliphatic carbocycles. The van der Waals surface area contributed by atoms with E-state index >= 15 is 0 Å². The molecule has 29 heavy (non-hydrogen) atoms. The minimum absolute atomic E-state index is 0.0322. The fourth-order valence-electron chi connectivity index (χ4n) is 3.47. The third kappa shape index (κ3) is 6.67. The number of carbonyl (C=O) groups excluding carboxylic acids is 3. The molecule has 0 saturated heterocycles. The molecule has 1 aromatic carbocycles. The molecule has 0 unspecified atom stereocenters. The van der Waals surface area contributed by atoms with Gasteiger partial charge in [-0.2, -0.15) is 0 Å². The first-order chi connectivity index (χ1) is 14.1. The number of aromatic nitrogens is 1. The molecule has 7 nitrogen and oxygen atoms in total. The van der Waals surface area contributed by atoms with Crippen molar-refractivity contribution in [1.29, 1.82) is 0 Å². The number of benzene rings is 1. The van der Waals surface area contributed by atoms with E-state index in [0.29, 0.717) is 11.7 Å².